The molecule has 3 nitrogen and oxygen atoms in total. The largest absolute Gasteiger partial charge is 0.497 e. The highest BCUT2D eigenvalue weighted by molar-refractivity contribution is 5.35. The van der Waals surface area contributed by atoms with E-state index >= 15 is 0 Å². The van der Waals surface area contributed by atoms with E-state index in [4.69, 9.17) is 9.47 Å². The molecule has 102 valence electrons. The van der Waals surface area contributed by atoms with Crippen LogP contribution >= 0.6 is 0 Å². The van der Waals surface area contributed by atoms with Crippen molar-refractivity contribution in [1.82, 2.24) is 0 Å². The molecule has 0 saturated carbocycles. The van der Waals surface area contributed by atoms with Crippen molar-refractivity contribution in [1.29, 1.82) is 5.26 Å². The molecular weight excluding hydrogens is 250 g/mol. The summed E-state index contributed by atoms with van der Waals surface area (Å²) in [5.41, 5.74) is 2.12. The van der Waals surface area contributed by atoms with Crippen molar-refractivity contribution >= 4 is 0 Å². The fourth-order valence-electron chi connectivity index (χ4n) is 2.07. The SMILES string of the molecule is COc1ccc(C[C@H](C#N)c2ccc(OC)cc2)cc1. The van der Waals surface area contributed by atoms with Crippen molar-refractivity contribution in [2.45, 2.75) is 12.3 Å². The lowest BCUT2D eigenvalue weighted by atomic mass is 9.93. The van der Waals surface area contributed by atoms with Gasteiger partial charge in [0.2, 0.25) is 0 Å². The summed E-state index contributed by atoms with van der Waals surface area (Å²) in [6, 6.07) is 17.8. The first-order chi connectivity index (χ1) is 9.76. The maximum absolute atomic E-state index is 9.36. The average Bonchev–Trinajstić information content (AvgIpc) is 2.53. The van der Waals surface area contributed by atoms with Crippen LogP contribution in [0.15, 0.2) is 48.5 Å². The molecule has 2 aromatic rings. The third kappa shape index (κ3) is 3.30. The minimum Gasteiger partial charge on any atom is -0.497 e. The first kappa shape index (κ1) is 14.0. The van der Waals surface area contributed by atoms with Crippen LogP contribution < -0.4 is 9.47 Å². The molecule has 0 bridgehead atoms. The Morgan fingerprint density at radius 1 is 0.900 bits per heavy atom. The van der Waals surface area contributed by atoms with Crippen molar-refractivity contribution < 1.29 is 9.47 Å². The molecule has 20 heavy (non-hydrogen) atoms. The Labute approximate surface area is 119 Å². The van der Waals surface area contributed by atoms with Gasteiger partial charge in [0.25, 0.3) is 0 Å². The molecule has 3 heteroatoms. The van der Waals surface area contributed by atoms with Crippen LogP contribution in [-0.4, -0.2) is 14.2 Å². The summed E-state index contributed by atoms with van der Waals surface area (Å²) in [7, 11) is 3.28. The highest BCUT2D eigenvalue weighted by Gasteiger charge is 2.11. The molecule has 0 amide bonds. The molecule has 0 aromatic heterocycles. The smallest absolute Gasteiger partial charge is 0.118 e. The molecule has 0 spiro atoms. The van der Waals surface area contributed by atoms with E-state index in [-0.39, 0.29) is 5.92 Å². The van der Waals surface area contributed by atoms with Gasteiger partial charge in [0.1, 0.15) is 11.5 Å². The molecule has 1 atom stereocenters. The van der Waals surface area contributed by atoms with E-state index in [9.17, 15) is 5.26 Å². The summed E-state index contributed by atoms with van der Waals surface area (Å²) in [5.74, 6) is 1.47. The number of methoxy groups -OCH3 is 2. The van der Waals surface area contributed by atoms with Gasteiger partial charge in [-0.05, 0) is 41.8 Å². The van der Waals surface area contributed by atoms with Crippen molar-refractivity contribution in [2.75, 3.05) is 14.2 Å². The van der Waals surface area contributed by atoms with Gasteiger partial charge < -0.3 is 9.47 Å². The second kappa shape index (κ2) is 6.63. The van der Waals surface area contributed by atoms with Gasteiger partial charge >= 0.3 is 0 Å². The molecule has 0 heterocycles. The summed E-state index contributed by atoms with van der Waals surface area (Å²) < 4.78 is 10.3. The standard InChI is InChI=1S/C17H17NO2/c1-19-16-7-3-13(4-8-16)11-15(12-18)14-5-9-17(20-2)10-6-14/h3-10,15H,11H2,1-2H3/t15-/m1/s1. The Morgan fingerprint density at radius 2 is 1.40 bits per heavy atom. The number of nitrogens with zero attached hydrogens (tertiary/aromatic N) is 1. The number of hydrogen-bond donors (Lipinski definition) is 0. The summed E-state index contributed by atoms with van der Waals surface area (Å²) in [4.78, 5) is 0. The lowest BCUT2D eigenvalue weighted by molar-refractivity contribution is 0.414. The van der Waals surface area contributed by atoms with Crippen molar-refractivity contribution in [2.24, 2.45) is 0 Å². The Kier molecular flexibility index (Phi) is 4.62. The molecule has 0 aliphatic rings. The van der Waals surface area contributed by atoms with Crippen LogP contribution in [0.3, 0.4) is 0 Å². The highest BCUT2D eigenvalue weighted by Crippen LogP contribution is 2.23. The van der Waals surface area contributed by atoms with Gasteiger partial charge in [-0.2, -0.15) is 5.26 Å². The summed E-state index contributed by atoms with van der Waals surface area (Å²) in [6.45, 7) is 0. The van der Waals surface area contributed by atoms with Crippen molar-refractivity contribution in [3.63, 3.8) is 0 Å². The van der Waals surface area contributed by atoms with E-state index in [1.54, 1.807) is 14.2 Å². The number of ether oxygens (including phenoxy) is 2. The second-order valence-corrected chi connectivity index (χ2v) is 4.51. The topological polar surface area (TPSA) is 42.2 Å². The monoisotopic (exact) mass is 267 g/mol. The van der Waals surface area contributed by atoms with Crippen molar-refractivity contribution in [3.8, 4) is 17.6 Å². The summed E-state index contributed by atoms with van der Waals surface area (Å²) >= 11 is 0. The van der Waals surface area contributed by atoms with E-state index in [0.29, 0.717) is 6.42 Å². The van der Waals surface area contributed by atoms with Crippen LogP contribution in [0.4, 0.5) is 0 Å². The van der Waals surface area contributed by atoms with E-state index in [1.165, 1.54) is 0 Å². The number of nitriles is 1. The Bertz CT molecular complexity index is 582. The molecule has 0 radical (unpaired) electrons. The zero-order valence-electron chi connectivity index (χ0n) is 11.7. The van der Waals surface area contributed by atoms with Crippen LogP contribution in [0.2, 0.25) is 0 Å². The van der Waals surface area contributed by atoms with Gasteiger partial charge in [-0.15, -0.1) is 0 Å². The Hall–Kier alpha value is -2.47. The predicted octanol–water partition coefficient (Wildman–Crippen LogP) is 3.55. The van der Waals surface area contributed by atoms with Gasteiger partial charge in [-0.25, -0.2) is 0 Å². The minimum absolute atomic E-state index is 0.158. The molecule has 0 aliphatic carbocycles. The molecule has 0 fully saturated rings. The normalized spacial score (nSPS) is 11.4. The molecular formula is C17H17NO2. The lowest BCUT2D eigenvalue weighted by Crippen LogP contribution is -2.00. The molecule has 0 unspecified atom stereocenters. The Morgan fingerprint density at radius 3 is 1.85 bits per heavy atom. The van der Waals surface area contributed by atoms with Crippen LogP contribution in [0.25, 0.3) is 0 Å². The van der Waals surface area contributed by atoms with Gasteiger partial charge in [-0.3, -0.25) is 0 Å². The van der Waals surface area contributed by atoms with Gasteiger partial charge in [0, 0.05) is 0 Å². The van der Waals surface area contributed by atoms with Crippen molar-refractivity contribution in [3.05, 3.63) is 59.7 Å². The third-order valence-electron chi connectivity index (χ3n) is 3.27. The fraction of sp³-hybridized carbons (Fsp3) is 0.235. The van der Waals surface area contributed by atoms with Gasteiger partial charge in [0.05, 0.1) is 26.2 Å². The molecule has 0 saturated heterocycles. The van der Waals surface area contributed by atoms with E-state index < -0.39 is 0 Å². The maximum atomic E-state index is 9.36. The number of benzene rings is 2. The minimum atomic E-state index is -0.158. The predicted molar refractivity (Wildman–Crippen MR) is 78.0 cm³/mol. The van der Waals surface area contributed by atoms with E-state index in [0.717, 1.165) is 22.6 Å². The Balaban J connectivity index is 2.13. The first-order valence-electron chi connectivity index (χ1n) is 6.43. The van der Waals surface area contributed by atoms with Crippen LogP contribution in [0, 0.1) is 11.3 Å². The van der Waals surface area contributed by atoms with Gasteiger partial charge in [0.15, 0.2) is 0 Å². The third-order valence-corrected chi connectivity index (χ3v) is 3.27. The number of rotatable bonds is 5. The summed E-state index contributed by atoms with van der Waals surface area (Å²) in [5, 5.41) is 9.36. The summed E-state index contributed by atoms with van der Waals surface area (Å²) in [6.07, 6.45) is 0.687. The quantitative estimate of drug-likeness (QED) is 0.832. The second-order valence-electron chi connectivity index (χ2n) is 4.51. The van der Waals surface area contributed by atoms with Crippen LogP contribution in [0.5, 0.6) is 11.5 Å². The number of hydrogen-bond acceptors (Lipinski definition) is 3. The zero-order chi connectivity index (χ0) is 14.4. The molecule has 2 aromatic carbocycles. The highest BCUT2D eigenvalue weighted by atomic mass is 16.5. The van der Waals surface area contributed by atoms with E-state index in [2.05, 4.69) is 6.07 Å². The lowest BCUT2D eigenvalue weighted by Gasteiger charge is -2.11. The van der Waals surface area contributed by atoms with Crippen LogP contribution in [-0.2, 0) is 6.42 Å². The zero-order valence-corrected chi connectivity index (χ0v) is 11.7. The van der Waals surface area contributed by atoms with Crippen LogP contribution in [0.1, 0.15) is 17.0 Å². The molecule has 2 rings (SSSR count). The maximum Gasteiger partial charge on any atom is 0.118 e. The average molecular weight is 267 g/mol. The fourth-order valence-corrected chi connectivity index (χ4v) is 2.07. The first-order valence-corrected chi connectivity index (χ1v) is 6.43. The molecule has 0 N–H and O–H groups in total. The van der Waals surface area contributed by atoms with E-state index in [1.807, 2.05) is 48.5 Å². The van der Waals surface area contributed by atoms with Gasteiger partial charge in [-0.1, -0.05) is 24.3 Å². The molecule has 0 aliphatic heterocycles.